The Labute approximate surface area is 101 Å². The first kappa shape index (κ1) is 12.1. The third kappa shape index (κ3) is 2.65. The van der Waals surface area contributed by atoms with Crippen LogP contribution in [0.1, 0.15) is 24.0 Å². The van der Waals surface area contributed by atoms with Gasteiger partial charge in [0.2, 0.25) is 0 Å². The number of aryl methyl sites for hydroxylation is 1. The molecule has 0 spiro atoms. The Hall–Kier alpha value is -1.40. The summed E-state index contributed by atoms with van der Waals surface area (Å²) in [6.45, 7) is 3.11. The predicted molar refractivity (Wildman–Crippen MR) is 62.9 cm³/mol. The quantitative estimate of drug-likeness (QED) is 0.786. The Morgan fingerprint density at radius 1 is 1.53 bits per heavy atom. The van der Waals surface area contributed by atoms with Gasteiger partial charge in [0, 0.05) is 6.61 Å². The van der Waals surface area contributed by atoms with Gasteiger partial charge < -0.3 is 4.74 Å². The normalized spacial score (nSPS) is 24.3. The van der Waals surface area contributed by atoms with E-state index in [2.05, 4.69) is 6.07 Å². The zero-order valence-electron chi connectivity index (χ0n) is 10.0. The van der Waals surface area contributed by atoms with Crippen LogP contribution in [0.15, 0.2) is 18.2 Å². The van der Waals surface area contributed by atoms with Crippen molar-refractivity contribution in [2.45, 2.75) is 26.2 Å². The van der Waals surface area contributed by atoms with Crippen molar-refractivity contribution < 1.29 is 9.13 Å². The maximum atomic E-state index is 13.0. The zero-order chi connectivity index (χ0) is 12.3. The Morgan fingerprint density at radius 2 is 2.35 bits per heavy atom. The van der Waals surface area contributed by atoms with Crippen LogP contribution in [0.5, 0.6) is 0 Å². The summed E-state index contributed by atoms with van der Waals surface area (Å²) in [6.07, 6.45) is 2.43. The minimum Gasteiger partial charge on any atom is -0.380 e. The van der Waals surface area contributed by atoms with E-state index in [1.165, 1.54) is 12.1 Å². The second-order valence-corrected chi connectivity index (χ2v) is 4.80. The molecule has 1 heterocycles. The molecule has 1 fully saturated rings. The van der Waals surface area contributed by atoms with Crippen molar-refractivity contribution in [3.8, 4) is 6.07 Å². The fraction of sp³-hybridized carbons (Fsp3) is 0.500. The van der Waals surface area contributed by atoms with E-state index in [4.69, 9.17) is 4.74 Å². The molecule has 3 heteroatoms. The molecule has 17 heavy (non-hydrogen) atoms. The molecule has 1 unspecified atom stereocenters. The number of hydrogen-bond acceptors (Lipinski definition) is 2. The first-order valence-electron chi connectivity index (χ1n) is 5.89. The van der Waals surface area contributed by atoms with Gasteiger partial charge in [0.05, 0.1) is 18.1 Å². The lowest BCUT2D eigenvalue weighted by atomic mass is 9.78. The predicted octanol–water partition coefficient (Wildman–Crippen LogP) is 3.00. The maximum absolute atomic E-state index is 13.0. The van der Waals surface area contributed by atoms with Crippen LogP contribution in [0, 0.1) is 29.5 Å². The highest BCUT2D eigenvalue weighted by Crippen LogP contribution is 2.32. The molecule has 90 valence electrons. The number of nitriles is 1. The Bertz CT molecular complexity index is 444. The van der Waals surface area contributed by atoms with Crippen LogP contribution < -0.4 is 0 Å². The lowest BCUT2D eigenvalue weighted by Crippen LogP contribution is -2.32. The number of benzene rings is 1. The van der Waals surface area contributed by atoms with Gasteiger partial charge in [-0.05, 0) is 49.4 Å². The molecule has 0 aromatic heterocycles. The summed E-state index contributed by atoms with van der Waals surface area (Å²) in [4.78, 5) is 0. The van der Waals surface area contributed by atoms with Gasteiger partial charge in [-0.2, -0.15) is 5.26 Å². The largest absolute Gasteiger partial charge is 0.380 e. The van der Waals surface area contributed by atoms with Crippen LogP contribution in [0.25, 0.3) is 0 Å². The summed E-state index contributed by atoms with van der Waals surface area (Å²) >= 11 is 0. The molecular weight excluding hydrogens is 217 g/mol. The molecule has 0 radical (unpaired) electrons. The van der Waals surface area contributed by atoms with Crippen LogP contribution in [-0.2, 0) is 11.2 Å². The van der Waals surface area contributed by atoms with Crippen molar-refractivity contribution in [1.29, 1.82) is 5.26 Å². The summed E-state index contributed by atoms with van der Waals surface area (Å²) in [5.41, 5.74) is 1.52. The molecular formula is C14H16FNO. The summed E-state index contributed by atoms with van der Waals surface area (Å²) in [5, 5.41) is 9.34. The third-order valence-electron chi connectivity index (χ3n) is 3.39. The van der Waals surface area contributed by atoms with Crippen molar-refractivity contribution in [1.82, 2.24) is 0 Å². The Morgan fingerprint density at radius 3 is 2.94 bits per heavy atom. The van der Waals surface area contributed by atoms with Crippen LogP contribution in [0.3, 0.4) is 0 Å². The monoisotopic (exact) mass is 233 g/mol. The van der Waals surface area contributed by atoms with E-state index in [-0.39, 0.29) is 5.82 Å². The van der Waals surface area contributed by atoms with Gasteiger partial charge in [-0.1, -0.05) is 6.07 Å². The number of ether oxygens (including phenoxy) is 1. The van der Waals surface area contributed by atoms with E-state index in [0.717, 1.165) is 30.6 Å². The standard InChI is InChI=1S/C14H16FNO/c1-11-7-13(15)4-3-12(11)8-14(9-16)5-2-6-17-10-14/h3-4,7H,2,5-6,8,10H2,1H3. The average Bonchev–Trinajstić information content (AvgIpc) is 2.34. The van der Waals surface area contributed by atoms with Crippen LogP contribution in [0.2, 0.25) is 0 Å². The van der Waals surface area contributed by atoms with Crippen molar-refractivity contribution in [3.63, 3.8) is 0 Å². The highest BCUT2D eigenvalue weighted by molar-refractivity contribution is 5.29. The minimum absolute atomic E-state index is 0.225. The Balaban J connectivity index is 2.21. The van der Waals surface area contributed by atoms with Gasteiger partial charge in [-0.15, -0.1) is 0 Å². The van der Waals surface area contributed by atoms with E-state index in [9.17, 15) is 9.65 Å². The minimum atomic E-state index is -0.430. The lowest BCUT2D eigenvalue weighted by Gasteiger charge is -2.31. The number of halogens is 1. The van der Waals surface area contributed by atoms with Crippen molar-refractivity contribution >= 4 is 0 Å². The molecule has 1 aliphatic heterocycles. The molecule has 2 nitrogen and oxygen atoms in total. The van der Waals surface area contributed by atoms with Gasteiger partial charge in [-0.3, -0.25) is 0 Å². The molecule has 2 rings (SSSR count). The summed E-state index contributed by atoms with van der Waals surface area (Å²) < 4.78 is 18.4. The fourth-order valence-corrected chi connectivity index (χ4v) is 2.34. The molecule has 1 aromatic carbocycles. The number of hydrogen-bond donors (Lipinski definition) is 0. The van der Waals surface area contributed by atoms with Crippen LogP contribution >= 0.6 is 0 Å². The molecule has 1 aromatic rings. The van der Waals surface area contributed by atoms with Gasteiger partial charge in [0.25, 0.3) is 0 Å². The van der Waals surface area contributed by atoms with Crippen molar-refractivity contribution in [3.05, 3.63) is 35.1 Å². The van der Waals surface area contributed by atoms with Crippen LogP contribution in [0.4, 0.5) is 4.39 Å². The molecule has 0 saturated carbocycles. The second kappa shape index (κ2) is 4.85. The zero-order valence-corrected chi connectivity index (χ0v) is 10.0. The fourth-order valence-electron chi connectivity index (χ4n) is 2.34. The molecule has 0 N–H and O–H groups in total. The molecule has 0 amide bonds. The van der Waals surface area contributed by atoms with Gasteiger partial charge in [-0.25, -0.2) is 4.39 Å². The number of nitrogens with zero attached hydrogens (tertiary/aromatic N) is 1. The molecule has 1 aliphatic rings. The maximum Gasteiger partial charge on any atom is 0.123 e. The van der Waals surface area contributed by atoms with E-state index in [0.29, 0.717) is 13.0 Å². The molecule has 0 aliphatic carbocycles. The molecule has 1 saturated heterocycles. The van der Waals surface area contributed by atoms with Gasteiger partial charge in [0.1, 0.15) is 5.82 Å². The Kier molecular flexibility index (Phi) is 3.44. The summed E-state index contributed by atoms with van der Waals surface area (Å²) in [6, 6.07) is 7.14. The first-order valence-corrected chi connectivity index (χ1v) is 5.89. The molecule has 1 atom stereocenters. The topological polar surface area (TPSA) is 33.0 Å². The number of rotatable bonds is 2. The second-order valence-electron chi connectivity index (χ2n) is 4.80. The lowest BCUT2D eigenvalue weighted by molar-refractivity contribution is 0.0223. The molecule has 0 bridgehead atoms. The van der Waals surface area contributed by atoms with Crippen LogP contribution in [-0.4, -0.2) is 13.2 Å². The van der Waals surface area contributed by atoms with Crippen molar-refractivity contribution in [2.24, 2.45) is 5.41 Å². The highest BCUT2D eigenvalue weighted by Gasteiger charge is 2.33. The van der Waals surface area contributed by atoms with Gasteiger partial charge in [0.15, 0.2) is 0 Å². The van der Waals surface area contributed by atoms with E-state index >= 15 is 0 Å². The smallest absolute Gasteiger partial charge is 0.123 e. The van der Waals surface area contributed by atoms with E-state index < -0.39 is 5.41 Å². The summed E-state index contributed by atoms with van der Waals surface area (Å²) in [5.74, 6) is -0.225. The van der Waals surface area contributed by atoms with Gasteiger partial charge >= 0.3 is 0 Å². The SMILES string of the molecule is Cc1cc(F)ccc1CC1(C#N)CCCOC1. The summed E-state index contributed by atoms with van der Waals surface area (Å²) in [7, 11) is 0. The average molecular weight is 233 g/mol. The van der Waals surface area contributed by atoms with Crippen molar-refractivity contribution in [2.75, 3.05) is 13.2 Å². The van der Waals surface area contributed by atoms with E-state index in [1.807, 2.05) is 6.92 Å². The first-order chi connectivity index (χ1) is 8.15. The third-order valence-corrected chi connectivity index (χ3v) is 3.39. The highest BCUT2D eigenvalue weighted by atomic mass is 19.1. The van der Waals surface area contributed by atoms with E-state index in [1.54, 1.807) is 6.07 Å².